The average Bonchev–Trinajstić information content (AvgIpc) is 3.07. The number of nitrogens with zero attached hydrogens (tertiary/aromatic N) is 3. The van der Waals surface area contributed by atoms with E-state index < -0.39 is 0 Å². The van der Waals surface area contributed by atoms with Crippen molar-refractivity contribution in [2.75, 3.05) is 20.6 Å². The second kappa shape index (κ2) is 4.07. The summed E-state index contributed by atoms with van der Waals surface area (Å²) in [5.74, 6) is 0.0944. The zero-order valence-electron chi connectivity index (χ0n) is 11.6. The van der Waals surface area contributed by atoms with Gasteiger partial charge in [0.1, 0.15) is 0 Å². The number of carbonyl (C=O) groups is 1. The minimum atomic E-state index is 0.0944. The van der Waals surface area contributed by atoms with Crippen molar-refractivity contribution in [3.63, 3.8) is 0 Å². The summed E-state index contributed by atoms with van der Waals surface area (Å²) in [6.45, 7) is 2.76. The molecule has 0 radical (unpaired) electrons. The zero-order chi connectivity index (χ0) is 12.9. The van der Waals surface area contributed by atoms with Crippen LogP contribution in [0.25, 0.3) is 0 Å². The van der Waals surface area contributed by atoms with Gasteiger partial charge in [-0.15, -0.1) is 0 Å². The molecule has 4 nitrogen and oxygen atoms in total. The first-order valence-corrected chi connectivity index (χ1v) is 7.01. The number of likely N-dealkylation sites (N-methyl/N-ethyl adjacent to an activating group) is 3. The van der Waals surface area contributed by atoms with Crippen LogP contribution < -0.4 is 0 Å². The molecule has 1 unspecified atom stereocenters. The summed E-state index contributed by atoms with van der Waals surface area (Å²) in [4.78, 5) is 14.2. The van der Waals surface area contributed by atoms with Gasteiger partial charge < -0.3 is 0 Å². The van der Waals surface area contributed by atoms with Crippen LogP contribution in [-0.4, -0.2) is 53.7 Å². The average molecular weight is 249 g/mol. The Morgan fingerprint density at radius 2 is 2.11 bits per heavy atom. The lowest BCUT2D eigenvalue weighted by atomic mass is 9.76. The van der Waals surface area contributed by atoms with E-state index >= 15 is 0 Å². The number of hydrogen-bond acceptors (Lipinski definition) is 3. The first-order chi connectivity index (χ1) is 8.56. The molecule has 1 spiro atoms. The summed E-state index contributed by atoms with van der Waals surface area (Å²) >= 11 is 0. The molecule has 0 N–H and O–H groups in total. The van der Waals surface area contributed by atoms with Crippen molar-refractivity contribution in [1.82, 2.24) is 14.9 Å². The van der Waals surface area contributed by atoms with Gasteiger partial charge in [0, 0.05) is 25.7 Å². The second-order valence-electron chi connectivity index (χ2n) is 6.13. The maximum Gasteiger partial charge on any atom is 0.260 e. The first-order valence-electron chi connectivity index (χ1n) is 7.01. The molecule has 0 bridgehead atoms. The molecular formula is C14H23N3O. The normalized spacial score (nSPS) is 31.2. The number of carbonyl (C=O) groups excluding carboxylic acids is 1. The summed E-state index contributed by atoms with van der Waals surface area (Å²) < 4.78 is 0. The van der Waals surface area contributed by atoms with Crippen molar-refractivity contribution >= 4 is 5.91 Å². The van der Waals surface area contributed by atoms with Gasteiger partial charge in [0.15, 0.2) is 0 Å². The number of hydrogen-bond donors (Lipinski definition) is 0. The van der Waals surface area contributed by atoms with E-state index in [1.807, 2.05) is 25.1 Å². The molecule has 1 amide bonds. The van der Waals surface area contributed by atoms with Crippen LogP contribution in [0.5, 0.6) is 0 Å². The monoisotopic (exact) mass is 249 g/mol. The third-order valence-electron chi connectivity index (χ3n) is 5.02. The van der Waals surface area contributed by atoms with Gasteiger partial charge in [-0.2, -0.15) is 0 Å². The zero-order valence-corrected chi connectivity index (χ0v) is 11.6. The van der Waals surface area contributed by atoms with Gasteiger partial charge in [0.25, 0.3) is 5.91 Å². The second-order valence-corrected chi connectivity index (χ2v) is 6.13. The van der Waals surface area contributed by atoms with Crippen LogP contribution in [0.3, 0.4) is 0 Å². The summed E-state index contributed by atoms with van der Waals surface area (Å²) in [5.41, 5.74) is 0.732. The minimum absolute atomic E-state index is 0.0944. The standard InChI is InChI=1S/C14H23N3O/c1-4-17-13(18)6-5-12(16(17)3)15(2)11-9-14(10-11)7-8-14/h5-6,11-12H,4,7-10H2,1-3H3. The molecule has 3 rings (SSSR count). The van der Waals surface area contributed by atoms with E-state index in [-0.39, 0.29) is 12.1 Å². The van der Waals surface area contributed by atoms with Gasteiger partial charge in [0.2, 0.25) is 0 Å². The van der Waals surface area contributed by atoms with E-state index in [1.54, 1.807) is 6.08 Å². The molecule has 2 aliphatic carbocycles. The molecule has 2 fully saturated rings. The van der Waals surface area contributed by atoms with Gasteiger partial charge in [-0.25, -0.2) is 5.01 Å². The highest BCUT2D eigenvalue weighted by molar-refractivity contribution is 5.88. The lowest BCUT2D eigenvalue weighted by Gasteiger charge is -2.49. The fourth-order valence-corrected chi connectivity index (χ4v) is 3.48. The molecule has 0 aromatic carbocycles. The van der Waals surface area contributed by atoms with Crippen LogP contribution in [0.15, 0.2) is 12.2 Å². The molecule has 0 aromatic rings. The Bertz CT molecular complexity index is 381. The van der Waals surface area contributed by atoms with Gasteiger partial charge in [-0.3, -0.25) is 14.7 Å². The fourth-order valence-electron chi connectivity index (χ4n) is 3.48. The lowest BCUT2D eigenvalue weighted by molar-refractivity contribution is -0.154. The SMILES string of the molecule is CCN1C(=O)C=CC(N(C)C2CC3(CC3)C2)N1C. The van der Waals surface area contributed by atoms with Gasteiger partial charge in [0.05, 0.1) is 6.17 Å². The molecule has 0 saturated heterocycles. The summed E-state index contributed by atoms with van der Waals surface area (Å²) in [6.07, 6.45) is 9.55. The Morgan fingerprint density at radius 3 is 2.67 bits per heavy atom. The summed E-state index contributed by atoms with van der Waals surface area (Å²) in [7, 11) is 4.20. The molecule has 100 valence electrons. The molecule has 1 heterocycles. The number of rotatable bonds is 3. The van der Waals surface area contributed by atoms with Crippen molar-refractivity contribution in [3.05, 3.63) is 12.2 Å². The Morgan fingerprint density at radius 1 is 1.44 bits per heavy atom. The van der Waals surface area contributed by atoms with Crippen molar-refractivity contribution in [2.24, 2.45) is 5.41 Å². The smallest absolute Gasteiger partial charge is 0.260 e. The van der Waals surface area contributed by atoms with E-state index in [0.29, 0.717) is 6.04 Å². The van der Waals surface area contributed by atoms with Crippen LogP contribution >= 0.6 is 0 Å². The predicted molar refractivity (Wildman–Crippen MR) is 70.5 cm³/mol. The summed E-state index contributed by atoms with van der Waals surface area (Å²) in [5, 5.41) is 3.88. The number of hydrazine groups is 1. The Labute approximate surface area is 109 Å². The van der Waals surface area contributed by atoms with E-state index in [2.05, 4.69) is 17.0 Å². The van der Waals surface area contributed by atoms with Crippen LogP contribution in [0.1, 0.15) is 32.6 Å². The fraction of sp³-hybridized carbons (Fsp3) is 0.786. The van der Waals surface area contributed by atoms with Gasteiger partial charge >= 0.3 is 0 Å². The minimum Gasteiger partial charge on any atom is -0.283 e. The highest BCUT2D eigenvalue weighted by Crippen LogP contribution is 2.61. The van der Waals surface area contributed by atoms with E-state index in [0.717, 1.165) is 12.0 Å². The Hall–Kier alpha value is -0.870. The summed E-state index contributed by atoms with van der Waals surface area (Å²) in [6, 6.07) is 0.691. The van der Waals surface area contributed by atoms with E-state index in [1.165, 1.54) is 25.7 Å². The van der Waals surface area contributed by atoms with Crippen LogP contribution in [-0.2, 0) is 4.79 Å². The maximum absolute atomic E-state index is 11.7. The molecule has 1 atom stereocenters. The van der Waals surface area contributed by atoms with Crippen LogP contribution in [0.4, 0.5) is 0 Å². The van der Waals surface area contributed by atoms with E-state index in [9.17, 15) is 4.79 Å². The van der Waals surface area contributed by atoms with Crippen molar-refractivity contribution < 1.29 is 4.79 Å². The molecular weight excluding hydrogens is 226 g/mol. The van der Waals surface area contributed by atoms with Gasteiger partial charge in [-0.1, -0.05) is 0 Å². The maximum atomic E-state index is 11.7. The highest BCUT2D eigenvalue weighted by Gasteiger charge is 2.54. The Kier molecular flexibility index (Phi) is 2.75. The van der Waals surface area contributed by atoms with Crippen molar-refractivity contribution in [3.8, 4) is 0 Å². The third-order valence-corrected chi connectivity index (χ3v) is 5.02. The quantitative estimate of drug-likeness (QED) is 0.757. The third kappa shape index (κ3) is 1.79. The molecule has 3 aliphatic rings. The Balaban J connectivity index is 1.67. The lowest BCUT2D eigenvalue weighted by Crippen LogP contribution is -2.60. The highest BCUT2D eigenvalue weighted by atomic mass is 16.2. The first kappa shape index (κ1) is 12.2. The van der Waals surface area contributed by atoms with Gasteiger partial charge in [-0.05, 0) is 51.1 Å². The molecule has 18 heavy (non-hydrogen) atoms. The number of amides is 1. The molecule has 1 aliphatic heterocycles. The van der Waals surface area contributed by atoms with Crippen molar-refractivity contribution in [2.45, 2.75) is 44.8 Å². The molecule has 2 saturated carbocycles. The van der Waals surface area contributed by atoms with Crippen molar-refractivity contribution in [1.29, 1.82) is 0 Å². The topological polar surface area (TPSA) is 26.8 Å². The molecule has 4 heteroatoms. The van der Waals surface area contributed by atoms with Crippen LogP contribution in [0.2, 0.25) is 0 Å². The molecule has 0 aromatic heterocycles. The van der Waals surface area contributed by atoms with Crippen LogP contribution in [0, 0.1) is 5.41 Å². The largest absolute Gasteiger partial charge is 0.283 e. The predicted octanol–water partition coefficient (Wildman–Crippen LogP) is 1.45. The van der Waals surface area contributed by atoms with E-state index in [4.69, 9.17) is 0 Å².